The first kappa shape index (κ1) is 11.4. The van der Waals surface area contributed by atoms with Gasteiger partial charge in [-0.2, -0.15) is 0 Å². The fraction of sp³-hybridized carbons (Fsp3) is 1.00. The molecule has 0 bridgehead atoms. The Morgan fingerprint density at radius 3 is 2.27 bits per heavy atom. The summed E-state index contributed by atoms with van der Waals surface area (Å²) in [5.74, 6) is 0. The normalized spacial score (nSPS) is 39.8. The van der Waals surface area contributed by atoms with Crippen LogP contribution in [0.5, 0.6) is 0 Å². The fourth-order valence-electron chi connectivity index (χ4n) is 2.92. The molecule has 1 N–H and O–H groups in total. The Hall–Kier alpha value is -0.0800. The van der Waals surface area contributed by atoms with E-state index in [-0.39, 0.29) is 0 Å². The highest BCUT2D eigenvalue weighted by molar-refractivity contribution is 4.88. The molecule has 1 heterocycles. The average molecular weight is 211 g/mol. The Morgan fingerprint density at radius 1 is 1.20 bits per heavy atom. The fourth-order valence-corrected chi connectivity index (χ4v) is 2.92. The Kier molecular flexibility index (Phi) is 3.36. The standard InChI is InChI=1S/C13H25NO/c1-10-7-12(8-11(2)15-10)14-9-13(3)5-4-6-13/h10-12,14H,4-9H2,1-3H3. The molecule has 2 aliphatic rings. The predicted octanol–water partition coefficient (Wildman–Crippen LogP) is 2.72. The highest BCUT2D eigenvalue weighted by Gasteiger charge is 2.33. The summed E-state index contributed by atoms with van der Waals surface area (Å²) in [6, 6.07) is 0.682. The van der Waals surface area contributed by atoms with Gasteiger partial charge in [0, 0.05) is 12.6 Å². The van der Waals surface area contributed by atoms with E-state index in [2.05, 4.69) is 26.1 Å². The van der Waals surface area contributed by atoms with Crippen molar-refractivity contribution in [1.29, 1.82) is 0 Å². The predicted molar refractivity (Wildman–Crippen MR) is 63.0 cm³/mol. The smallest absolute Gasteiger partial charge is 0.0565 e. The first-order chi connectivity index (χ1) is 7.07. The molecule has 88 valence electrons. The van der Waals surface area contributed by atoms with Gasteiger partial charge in [0.25, 0.3) is 0 Å². The monoisotopic (exact) mass is 211 g/mol. The van der Waals surface area contributed by atoms with Crippen molar-refractivity contribution in [1.82, 2.24) is 5.32 Å². The van der Waals surface area contributed by atoms with Crippen LogP contribution >= 0.6 is 0 Å². The number of ether oxygens (including phenoxy) is 1. The summed E-state index contributed by atoms with van der Waals surface area (Å²) in [4.78, 5) is 0. The van der Waals surface area contributed by atoms with E-state index in [9.17, 15) is 0 Å². The zero-order valence-corrected chi connectivity index (χ0v) is 10.4. The molecule has 1 saturated heterocycles. The van der Waals surface area contributed by atoms with Gasteiger partial charge in [0.1, 0.15) is 0 Å². The van der Waals surface area contributed by atoms with Crippen molar-refractivity contribution >= 4 is 0 Å². The SMILES string of the molecule is CC1CC(NCC2(C)CCC2)CC(C)O1. The Labute approximate surface area is 93.8 Å². The average Bonchev–Trinajstić information content (AvgIpc) is 2.10. The zero-order valence-electron chi connectivity index (χ0n) is 10.4. The van der Waals surface area contributed by atoms with Crippen molar-refractivity contribution in [3.63, 3.8) is 0 Å². The van der Waals surface area contributed by atoms with Crippen molar-refractivity contribution in [3.05, 3.63) is 0 Å². The topological polar surface area (TPSA) is 21.3 Å². The maximum absolute atomic E-state index is 5.75. The lowest BCUT2D eigenvalue weighted by atomic mass is 9.70. The van der Waals surface area contributed by atoms with Crippen LogP contribution < -0.4 is 5.32 Å². The third-order valence-electron chi connectivity index (χ3n) is 4.08. The van der Waals surface area contributed by atoms with Crippen LogP contribution in [0.15, 0.2) is 0 Å². The van der Waals surface area contributed by atoms with Gasteiger partial charge in [0.05, 0.1) is 12.2 Å². The molecule has 2 unspecified atom stereocenters. The summed E-state index contributed by atoms with van der Waals surface area (Å²) in [6.45, 7) is 8.00. The molecule has 1 aliphatic heterocycles. The van der Waals surface area contributed by atoms with Crippen molar-refractivity contribution in [2.45, 2.75) is 71.1 Å². The van der Waals surface area contributed by atoms with Crippen LogP contribution in [-0.4, -0.2) is 24.8 Å². The van der Waals surface area contributed by atoms with E-state index < -0.39 is 0 Å². The lowest BCUT2D eigenvalue weighted by molar-refractivity contribution is -0.0442. The molecular weight excluding hydrogens is 186 g/mol. The molecule has 0 radical (unpaired) electrons. The van der Waals surface area contributed by atoms with Gasteiger partial charge in [-0.15, -0.1) is 0 Å². The molecule has 0 aromatic rings. The minimum absolute atomic E-state index is 0.431. The van der Waals surface area contributed by atoms with Crippen molar-refractivity contribution < 1.29 is 4.74 Å². The molecule has 2 fully saturated rings. The van der Waals surface area contributed by atoms with Gasteiger partial charge in [-0.3, -0.25) is 0 Å². The molecule has 2 rings (SSSR count). The molecule has 15 heavy (non-hydrogen) atoms. The van der Waals surface area contributed by atoms with E-state index in [1.54, 1.807) is 0 Å². The van der Waals surface area contributed by atoms with Crippen molar-refractivity contribution in [2.24, 2.45) is 5.41 Å². The molecule has 0 amide bonds. The van der Waals surface area contributed by atoms with E-state index in [1.165, 1.54) is 38.6 Å². The maximum Gasteiger partial charge on any atom is 0.0565 e. The van der Waals surface area contributed by atoms with E-state index in [0.717, 1.165) is 0 Å². The van der Waals surface area contributed by atoms with Crippen LogP contribution in [0.3, 0.4) is 0 Å². The second-order valence-corrected chi connectivity index (χ2v) is 5.97. The minimum Gasteiger partial charge on any atom is -0.375 e. The van der Waals surface area contributed by atoms with Gasteiger partial charge in [-0.25, -0.2) is 0 Å². The second kappa shape index (κ2) is 4.42. The molecule has 0 aromatic carbocycles. The number of rotatable bonds is 3. The lowest BCUT2D eigenvalue weighted by Gasteiger charge is -2.41. The molecule has 2 heteroatoms. The third kappa shape index (κ3) is 2.94. The molecule has 0 aromatic heterocycles. The van der Waals surface area contributed by atoms with E-state index in [1.807, 2.05) is 0 Å². The quantitative estimate of drug-likeness (QED) is 0.775. The maximum atomic E-state index is 5.75. The summed E-state index contributed by atoms with van der Waals surface area (Å²) < 4.78 is 5.75. The van der Waals surface area contributed by atoms with E-state index in [4.69, 9.17) is 4.74 Å². The van der Waals surface area contributed by atoms with E-state index >= 15 is 0 Å². The van der Waals surface area contributed by atoms with Crippen LogP contribution in [0.4, 0.5) is 0 Å². The lowest BCUT2D eigenvalue weighted by Crippen LogP contribution is -2.46. The summed E-state index contributed by atoms with van der Waals surface area (Å²) in [5.41, 5.74) is 0.602. The summed E-state index contributed by atoms with van der Waals surface area (Å²) in [6.07, 6.45) is 7.48. The summed E-state index contributed by atoms with van der Waals surface area (Å²) >= 11 is 0. The minimum atomic E-state index is 0.431. The Balaban J connectivity index is 1.74. The first-order valence-electron chi connectivity index (χ1n) is 6.46. The van der Waals surface area contributed by atoms with Crippen LogP contribution in [-0.2, 0) is 4.74 Å². The number of hydrogen-bond acceptors (Lipinski definition) is 2. The molecule has 0 spiro atoms. The number of nitrogens with one attached hydrogen (secondary N) is 1. The highest BCUT2D eigenvalue weighted by Crippen LogP contribution is 2.39. The highest BCUT2D eigenvalue weighted by atomic mass is 16.5. The second-order valence-electron chi connectivity index (χ2n) is 5.97. The molecule has 2 atom stereocenters. The van der Waals surface area contributed by atoms with Crippen LogP contribution in [0.1, 0.15) is 52.9 Å². The van der Waals surface area contributed by atoms with Gasteiger partial charge >= 0.3 is 0 Å². The Bertz CT molecular complexity index is 203. The van der Waals surface area contributed by atoms with Gasteiger partial charge in [-0.1, -0.05) is 13.3 Å². The molecule has 1 saturated carbocycles. The number of hydrogen-bond donors (Lipinski definition) is 1. The van der Waals surface area contributed by atoms with Crippen molar-refractivity contribution in [3.8, 4) is 0 Å². The van der Waals surface area contributed by atoms with Gasteiger partial charge in [0.15, 0.2) is 0 Å². The van der Waals surface area contributed by atoms with Gasteiger partial charge in [-0.05, 0) is 44.9 Å². The van der Waals surface area contributed by atoms with Gasteiger partial charge in [0.2, 0.25) is 0 Å². The van der Waals surface area contributed by atoms with Gasteiger partial charge < -0.3 is 10.1 Å². The van der Waals surface area contributed by atoms with Crippen LogP contribution in [0, 0.1) is 5.41 Å². The first-order valence-corrected chi connectivity index (χ1v) is 6.46. The van der Waals surface area contributed by atoms with Crippen molar-refractivity contribution in [2.75, 3.05) is 6.54 Å². The Morgan fingerprint density at radius 2 is 1.80 bits per heavy atom. The van der Waals surface area contributed by atoms with Crippen LogP contribution in [0.25, 0.3) is 0 Å². The summed E-state index contributed by atoms with van der Waals surface area (Å²) in [7, 11) is 0. The summed E-state index contributed by atoms with van der Waals surface area (Å²) in [5, 5.41) is 3.74. The molecule has 1 aliphatic carbocycles. The molecule has 2 nitrogen and oxygen atoms in total. The van der Waals surface area contributed by atoms with E-state index in [0.29, 0.717) is 23.7 Å². The third-order valence-corrected chi connectivity index (χ3v) is 4.08. The zero-order chi connectivity index (χ0) is 10.9. The largest absolute Gasteiger partial charge is 0.375 e. The molecular formula is C13H25NO. The van der Waals surface area contributed by atoms with Crippen LogP contribution in [0.2, 0.25) is 0 Å².